The Morgan fingerprint density at radius 1 is 1.30 bits per heavy atom. The number of nitrogens with zero attached hydrogens (tertiary/aromatic N) is 2. The molecule has 2 aromatic rings. The summed E-state index contributed by atoms with van der Waals surface area (Å²) in [4.78, 5) is 29.8. The van der Waals surface area contributed by atoms with Crippen LogP contribution in [0.2, 0.25) is 5.02 Å². The minimum absolute atomic E-state index is 0.00577. The zero-order chi connectivity index (χ0) is 19.6. The van der Waals surface area contributed by atoms with E-state index < -0.39 is 28.6 Å². The maximum Gasteiger partial charge on any atom is 0.417 e. The average molecular weight is 398 g/mol. The van der Waals surface area contributed by atoms with Crippen molar-refractivity contribution in [2.75, 3.05) is 11.4 Å². The second kappa shape index (κ2) is 7.56. The average Bonchev–Trinajstić information content (AvgIpc) is 3.02. The maximum atomic E-state index is 13.0. The molecule has 0 bridgehead atoms. The van der Waals surface area contributed by atoms with Crippen molar-refractivity contribution >= 4 is 29.1 Å². The number of carbonyl (C=O) groups is 2. The lowest BCUT2D eigenvalue weighted by atomic mass is 10.1. The molecule has 2 amide bonds. The minimum Gasteiger partial charge on any atom is -0.350 e. The Morgan fingerprint density at radius 3 is 2.74 bits per heavy atom. The van der Waals surface area contributed by atoms with Crippen molar-refractivity contribution in [3.05, 3.63) is 58.9 Å². The SMILES string of the molecule is O=C(NCc1ccccn1)C1CC(=O)N(c2ccc(Cl)c(C(F)(F)F)c2)C1. The Balaban J connectivity index is 1.69. The van der Waals surface area contributed by atoms with Crippen LogP contribution in [0.4, 0.5) is 18.9 Å². The first-order chi connectivity index (χ1) is 12.8. The zero-order valence-electron chi connectivity index (χ0n) is 14.0. The lowest BCUT2D eigenvalue weighted by Crippen LogP contribution is -2.32. The standard InChI is InChI=1S/C18H15ClF3N3O2/c19-15-5-4-13(8-14(15)18(20,21)22)25-10-11(7-16(25)26)17(27)24-9-12-3-1-2-6-23-12/h1-6,8,11H,7,9-10H2,(H,24,27). The summed E-state index contributed by atoms with van der Waals surface area (Å²) in [5.74, 6) is -1.41. The van der Waals surface area contributed by atoms with E-state index in [2.05, 4.69) is 10.3 Å². The van der Waals surface area contributed by atoms with E-state index >= 15 is 0 Å². The van der Waals surface area contributed by atoms with Gasteiger partial charge in [0.2, 0.25) is 11.8 Å². The number of hydrogen-bond acceptors (Lipinski definition) is 3. The van der Waals surface area contributed by atoms with E-state index in [1.54, 1.807) is 24.4 Å². The first-order valence-corrected chi connectivity index (χ1v) is 8.48. The highest BCUT2D eigenvalue weighted by Crippen LogP contribution is 2.38. The molecule has 142 valence electrons. The van der Waals surface area contributed by atoms with Gasteiger partial charge in [-0.1, -0.05) is 17.7 Å². The fourth-order valence-corrected chi connectivity index (χ4v) is 3.08. The summed E-state index contributed by atoms with van der Waals surface area (Å²) in [6.45, 7) is 0.218. The lowest BCUT2D eigenvalue weighted by molar-refractivity contribution is -0.137. The van der Waals surface area contributed by atoms with Crippen LogP contribution in [0, 0.1) is 5.92 Å². The van der Waals surface area contributed by atoms with E-state index in [0.29, 0.717) is 5.69 Å². The Morgan fingerprint density at radius 2 is 2.07 bits per heavy atom. The molecule has 9 heteroatoms. The number of rotatable bonds is 4. The van der Waals surface area contributed by atoms with Crippen LogP contribution in [0.25, 0.3) is 0 Å². The Hall–Kier alpha value is -2.61. The summed E-state index contributed by atoms with van der Waals surface area (Å²) in [5, 5.41) is 2.25. The van der Waals surface area contributed by atoms with E-state index in [4.69, 9.17) is 11.6 Å². The zero-order valence-corrected chi connectivity index (χ0v) is 14.7. The molecule has 1 N–H and O–H groups in total. The molecule has 1 saturated heterocycles. The van der Waals surface area contributed by atoms with Gasteiger partial charge in [0, 0.05) is 24.8 Å². The Labute approximate surface area is 158 Å². The predicted molar refractivity (Wildman–Crippen MR) is 93.0 cm³/mol. The topological polar surface area (TPSA) is 62.3 Å². The minimum atomic E-state index is -4.63. The number of benzene rings is 1. The van der Waals surface area contributed by atoms with E-state index in [0.717, 1.165) is 12.1 Å². The summed E-state index contributed by atoms with van der Waals surface area (Å²) >= 11 is 5.61. The van der Waals surface area contributed by atoms with Crippen LogP contribution in [0.5, 0.6) is 0 Å². The van der Waals surface area contributed by atoms with Gasteiger partial charge in [-0.15, -0.1) is 0 Å². The van der Waals surface area contributed by atoms with Gasteiger partial charge in [0.1, 0.15) is 0 Å². The molecule has 1 aromatic heterocycles. The molecule has 0 radical (unpaired) electrons. The van der Waals surface area contributed by atoms with Crippen molar-refractivity contribution in [1.29, 1.82) is 0 Å². The van der Waals surface area contributed by atoms with Gasteiger partial charge >= 0.3 is 6.18 Å². The molecule has 2 heterocycles. The van der Waals surface area contributed by atoms with Gasteiger partial charge in [-0.05, 0) is 30.3 Å². The molecule has 1 aromatic carbocycles. The van der Waals surface area contributed by atoms with Crippen LogP contribution in [0.3, 0.4) is 0 Å². The number of nitrogens with one attached hydrogen (secondary N) is 1. The fourth-order valence-electron chi connectivity index (χ4n) is 2.86. The van der Waals surface area contributed by atoms with Crippen molar-refractivity contribution in [3.63, 3.8) is 0 Å². The highest BCUT2D eigenvalue weighted by Gasteiger charge is 2.38. The van der Waals surface area contributed by atoms with Gasteiger partial charge < -0.3 is 10.2 Å². The van der Waals surface area contributed by atoms with Crippen molar-refractivity contribution in [2.45, 2.75) is 19.1 Å². The highest BCUT2D eigenvalue weighted by atomic mass is 35.5. The number of halogens is 4. The molecule has 0 spiro atoms. The molecule has 0 aliphatic carbocycles. The molecular formula is C18H15ClF3N3O2. The monoisotopic (exact) mass is 397 g/mol. The summed E-state index contributed by atoms with van der Waals surface area (Å²) in [6.07, 6.45) is -3.10. The predicted octanol–water partition coefficient (Wildman–Crippen LogP) is 3.42. The van der Waals surface area contributed by atoms with Gasteiger partial charge in [0.25, 0.3) is 0 Å². The van der Waals surface area contributed by atoms with E-state index in [1.165, 1.54) is 11.0 Å². The first-order valence-electron chi connectivity index (χ1n) is 8.10. The number of pyridine rings is 1. The second-order valence-corrected chi connectivity index (χ2v) is 6.51. The Kier molecular flexibility index (Phi) is 5.36. The third-order valence-corrected chi connectivity index (χ3v) is 4.56. The molecule has 1 aliphatic heterocycles. The first kappa shape index (κ1) is 19.2. The third kappa shape index (κ3) is 4.39. The normalized spacial score (nSPS) is 17.3. The molecule has 1 atom stereocenters. The van der Waals surface area contributed by atoms with Gasteiger partial charge in [-0.2, -0.15) is 13.2 Å². The van der Waals surface area contributed by atoms with E-state index in [-0.39, 0.29) is 31.1 Å². The maximum absolute atomic E-state index is 13.0. The fraction of sp³-hybridized carbons (Fsp3) is 0.278. The largest absolute Gasteiger partial charge is 0.417 e. The Bertz CT molecular complexity index is 859. The number of carbonyl (C=O) groups excluding carboxylic acids is 2. The van der Waals surface area contributed by atoms with E-state index in [1.807, 2.05) is 0 Å². The van der Waals surface area contributed by atoms with E-state index in [9.17, 15) is 22.8 Å². The van der Waals surface area contributed by atoms with Crippen molar-refractivity contribution in [2.24, 2.45) is 5.92 Å². The van der Waals surface area contributed by atoms with Crippen LogP contribution in [-0.4, -0.2) is 23.3 Å². The summed E-state index contributed by atoms with van der Waals surface area (Å²) in [7, 11) is 0. The van der Waals surface area contributed by atoms with Crippen LogP contribution >= 0.6 is 11.6 Å². The van der Waals surface area contributed by atoms with Crippen molar-refractivity contribution in [1.82, 2.24) is 10.3 Å². The lowest BCUT2D eigenvalue weighted by Gasteiger charge is -2.19. The van der Waals surface area contributed by atoms with Gasteiger partial charge in [0.15, 0.2) is 0 Å². The molecule has 3 rings (SSSR count). The van der Waals surface area contributed by atoms with Crippen LogP contribution in [0.15, 0.2) is 42.6 Å². The van der Waals surface area contributed by atoms with Gasteiger partial charge in [-0.25, -0.2) is 0 Å². The third-order valence-electron chi connectivity index (χ3n) is 4.23. The van der Waals surface area contributed by atoms with Crippen LogP contribution in [0.1, 0.15) is 17.7 Å². The number of aromatic nitrogens is 1. The molecule has 27 heavy (non-hydrogen) atoms. The quantitative estimate of drug-likeness (QED) is 0.859. The molecular weight excluding hydrogens is 383 g/mol. The second-order valence-electron chi connectivity index (χ2n) is 6.11. The highest BCUT2D eigenvalue weighted by molar-refractivity contribution is 6.31. The van der Waals surface area contributed by atoms with Crippen molar-refractivity contribution in [3.8, 4) is 0 Å². The van der Waals surface area contributed by atoms with Crippen molar-refractivity contribution < 1.29 is 22.8 Å². The number of hydrogen-bond donors (Lipinski definition) is 1. The van der Waals surface area contributed by atoms with Gasteiger partial charge in [0.05, 0.1) is 28.7 Å². The smallest absolute Gasteiger partial charge is 0.350 e. The molecule has 0 saturated carbocycles. The number of alkyl halides is 3. The summed E-state index contributed by atoms with van der Waals surface area (Å²) in [5.41, 5.74) is -0.283. The number of anilines is 1. The molecule has 5 nitrogen and oxygen atoms in total. The summed E-state index contributed by atoms with van der Waals surface area (Å²) < 4.78 is 39.1. The molecule has 1 aliphatic rings. The summed E-state index contributed by atoms with van der Waals surface area (Å²) in [6, 6.07) is 8.55. The van der Waals surface area contributed by atoms with Gasteiger partial charge in [-0.3, -0.25) is 14.6 Å². The molecule has 1 fully saturated rings. The number of amides is 2. The van der Waals surface area contributed by atoms with Crippen LogP contribution in [-0.2, 0) is 22.3 Å². The van der Waals surface area contributed by atoms with Crippen LogP contribution < -0.4 is 10.2 Å². The molecule has 1 unspecified atom stereocenters.